The average Bonchev–Trinajstić information content (AvgIpc) is 2.15. The SMILES string of the molecule is Cc1nc(Br)cc(Nc2cccc(I)c2)n1. The molecule has 16 heavy (non-hydrogen) atoms. The molecular formula is C11H9BrIN3. The highest BCUT2D eigenvalue weighted by atomic mass is 127. The molecule has 82 valence electrons. The Kier molecular flexibility index (Phi) is 3.75. The van der Waals surface area contributed by atoms with Crippen molar-refractivity contribution in [2.24, 2.45) is 0 Å². The first kappa shape index (κ1) is 11.8. The molecular weight excluding hydrogens is 381 g/mol. The van der Waals surface area contributed by atoms with Gasteiger partial charge in [-0.3, -0.25) is 0 Å². The lowest BCUT2D eigenvalue weighted by Gasteiger charge is -2.06. The maximum Gasteiger partial charge on any atom is 0.135 e. The molecule has 2 aromatic rings. The number of nitrogens with zero attached hydrogens (tertiary/aromatic N) is 2. The minimum atomic E-state index is 0.738. The summed E-state index contributed by atoms with van der Waals surface area (Å²) in [6, 6.07) is 9.98. The zero-order valence-electron chi connectivity index (χ0n) is 8.54. The van der Waals surface area contributed by atoms with Crippen LogP contribution in [0.3, 0.4) is 0 Å². The Bertz CT molecular complexity index is 496. The standard InChI is InChI=1S/C11H9BrIN3/c1-7-14-10(12)6-11(15-7)16-9-4-2-3-8(13)5-9/h2-6H,1H3,(H,14,15,16). The van der Waals surface area contributed by atoms with E-state index in [-0.39, 0.29) is 0 Å². The van der Waals surface area contributed by atoms with Gasteiger partial charge in [0, 0.05) is 15.3 Å². The van der Waals surface area contributed by atoms with Crippen LogP contribution in [0.2, 0.25) is 0 Å². The van der Waals surface area contributed by atoms with Crippen LogP contribution < -0.4 is 5.32 Å². The highest BCUT2D eigenvalue weighted by Gasteiger charge is 2.00. The Labute approximate surface area is 116 Å². The Balaban J connectivity index is 2.27. The molecule has 0 aliphatic heterocycles. The lowest BCUT2D eigenvalue weighted by Crippen LogP contribution is -1.97. The molecule has 0 aliphatic rings. The minimum absolute atomic E-state index is 0.738. The van der Waals surface area contributed by atoms with Gasteiger partial charge in [-0.05, 0) is 63.6 Å². The summed E-state index contributed by atoms with van der Waals surface area (Å²) in [5.41, 5.74) is 1.02. The van der Waals surface area contributed by atoms with Crippen LogP contribution in [0.5, 0.6) is 0 Å². The van der Waals surface area contributed by atoms with E-state index in [0.29, 0.717) is 0 Å². The van der Waals surface area contributed by atoms with Gasteiger partial charge in [-0.25, -0.2) is 9.97 Å². The molecule has 0 radical (unpaired) electrons. The van der Waals surface area contributed by atoms with Crippen LogP contribution in [-0.2, 0) is 0 Å². The molecule has 0 unspecified atom stereocenters. The fourth-order valence-corrected chi connectivity index (χ4v) is 2.33. The Morgan fingerprint density at radius 1 is 1.25 bits per heavy atom. The second-order valence-electron chi connectivity index (χ2n) is 3.26. The topological polar surface area (TPSA) is 37.8 Å². The highest BCUT2D eigenvalue weighted by molar-refractivity contribution is 14.1. The summed E-state index contributed by atoms with van der Waals surface area (Å²) in [6.07, 6.45) is 0. The predicted molar refractivity (Wildman–Crippen MR) is 76.9 cm³/mol. The average molecular weight is 390 g/mol. The molecule has 1 heterocycles. The van der Waals surface area contributed by atoms with Gasteiger partial charge in [0.15, 0.2) is 0 Å². The molecule has 1 N–H and O–H groups in total. The van der Waals surface area contributed by atoms with Crippen molar-refractivity contribution in [3.63, 3.8) is 0 Å². The van der Waals surface area contributed by atoms with Gasteiger partial charge in [0.05, 0.1) is 0 Å². The third-order valence-corrected chi connectivity index (χ3v) is 2.98. The lowest BCUT2D eigenvalue weighted by atomic mass is 10.3. The first-order chi connectivity index (χ1) is 7.63. The van der Waals surface area contributed by atoms with Crippen molar-refractivity contribution in [3.05, 3.63) is 44.3 Å². The van der Waals surface area contributed by atoms with E-state index in [1.54, 1.807) is 0 Å². The molecule has 0 atom stereocenters. The van der Waals surface area contributed by atoms with E-state index >= 15 is 0 Å². The van der Waals surface area contributed by atoms with Crippen LogP contribution in [0.4, 0.5) is 11.5 Å². The number of hydrogen-bond acceptors (Lipinski definition) is 3. The maximum absolute atomic E-state index is 4.30. The molecule has 0 fully saturated rings. The normalized spacial score (nSPS) is 10.2. The van der Waals surface area contributed by atoms with Gasteiger partial charge >= 0.3 is 0 Å². The van der Waals surface area contributed by atoms with Gasteiger partial charge in [0.25, 0.3) is 0 Å². The van der Waals surface area contributed by atoms with Gasteiger partial charge in [-0.2, -0.15) is 0 Å². The van der Waals surface area contributed by atoms with Gasteiger partial charge in [0.1, 0.15) is 16.2 Å². The van der Waals surface area contributed by atoms with Crippen molar-refractivity contribution < 1.29 is 0 Å². The number of rotatable bonds is 2. The largest absolute Gasteiger partial charge is 0.340 e. The molecule has 0 saturated carbocycles. The van der Waals surface area contributed by atoms with E-state index in [4.69, 9.17) is 0 Å². The van der Waals surface area contributed by atoms with Gasteiger partial charge < -0.3 is 5.32 Å². The fourth-order valence-electron chi connectivity index (χ4n) is 1.31. The second-order valence-corrected chi connectivity index (χ2v) is 5.32. The van der Waals surface area contributed by atoms with Gasteiger partial charge in [0.2, 0.25) is 0 Å². The second kappa shape index (κ2) is 5.09. The molecule has 5 heteroatoms. The summed E-state index contributed by atoms with van der Waals surface area (Å²) in [5.74, 6) is 1.53. The van der Waals surface area contributed by atoms with Crippen LogP contribution in [0, 0.1) is 10.5 Å². The van der Waals surface area contributed by atoms with Crippen molar-refractivity contribution in [1.29, 1.82) is 0 Å². The van der Waals surface area contributed by atoms with E-state index in [9.17, 15) is 0 Å². The lowest BCUT2D eigenvalue weighted by molar-refractivity contribution is 1.04. The van der Waals surface area contributed by atoms with Crippen molar-refractivity contribution in [3.8, 4) is 0 Å². The van der Waals surface area contributed by atoms with Crippen LogP contribution in [0.15, 0.2) is 34.9 Å². The third kappa shape index (κ3) is 3.15. The van der Waals surface area contributed by atoms with Crippen molar-refractivity contribution in [2.45, 2.75) is 6.92 Å². The summed E-state index contributed by atoms with van der Waals surface area (Å²) in [7, 11) is 0. The first-order valence-electron chi connectivity index (χ1n) is 4.67. The molecule has 0 saturated heterocycles. The summed E-state index contributed by atoms with van der Waals surface area (Å²) in [5, 5.41) is 3.24. The molecule has 0 spiro atoms. The molecule has 0 bridgehead atoms. The number of anilines is 2. The molecule has 1 aromatic carbocycles. The van der Waals surface area contributed by atoms with E-state index in [0.717, 1.165) is 21.9 Å². The quantitative estimate of drug-likeness (QED) is 0.625. The number of nitrogens with one attached hydrogen (secondary N) is 1. The van der Waals surface area contributed by atoms with E-state index < -0.39 is 0 Å². The van der Waals surface area contributed by atoms with Crippen LogP contribution in [-0.4, -0.2) is 9.97 Å². The summed E-state index contributed by atoms with van der Waals surface area (Å²) in [4.78, 5) is 8.46. The number of aromatic nitrogens is 2. The van der Waals surface area contributed by atoms with Crippen LogP contribution in [0.25, 0.3) is 0 Å². The Morgan fingerprint density at radius 2 is 2.06 bits per heavy atom. The van der Waals surface area contributed by atoms with Crippen molar-refractivity contribution in [1.82, 2.24) is 9.97 Å². The Hall–Kier alpha value is -0.690. The number of benzene rings is 1. The highest BCUT2D eigenvalue weighted by Crippen LogP contribution is 2.19. The summed E-state index contributed by atoms with van der Waals surface area (Å²) >= 11 is 5.63. The predicted octanol–water partition coefficient (Wildman–Crippen LogP) is 3.90. The van der Waals surface area contributed by atoms with Gasteiger partial charge in [-0.15, -0.1) is 0 Å². The van der Waals surface area contributed by atoms with Crippen LogP contribution >= 0.6 is 38.5 Å². The Morgan fingerprint density at radius 3 is 2.75 bits per heavy atom. The van der Waals surface area contributed by atoms with E-state index in [1.165, 1.54) is 3.57 Å². The minimum Gasteiger partial charge on any atom is -0.340 e. The zero-order valence-corrected chi connectivity index (χ0v) is 12.3. The molecule has 3 nitrogen and oxygen atoms in total. The van der Waals surface area contributed by atoms with E-state index in [1.807, 2.05) is 31.2 Å². The molecule has 0 amide bonds. The number of aryl methyl sites for hydroxylation is 1. The van der Waals surface area contributed by atoms with Crippen molar-refractivity contribution >= 4 is 50.0 Å². The van der Waals surface area contributed by atoms with Crippen LogP contribution in [0.1, 0.15) is 5.82 Å². The number of hydrogen-bond donors (Lipinski definition) is 1. The smallest absolute Gasteiger partial charge is 0.135 e. The number of halogens is 2. The first-order valence-corrected chi connectivity index (χ1v) is 6.54. The molecule has 0 aliphatic carbocycles. The third-order valence-electron chi connectivity index (χ3n) is 1.90. The van der Waals surface area contributed by atoms with Gasteiger partial charge in [-0.1, -0.05) is 6.07 Å². The summed E-state index contributed by atoms with van der Waals surface area (Å²) in [6.45, 7) is 1.87. The molecule has 2 rings (SSSR count). The maximum atomic E-state index is 4.30. The zero-order chi connectivity index (χ0) is 11.5. The fraction of sp³-hybridized carbons (Fsp3) is 0.0909. The summed E-state index contributed by atoms with van der Waals surface area (Å²) < 4.78 is 1.97. The van der Waals surface area contributed by atoms with Crippen molar-refractivity contribution in [2.75, 3.05) is 5.32 Å². The van der Waals surface area contributed by atoms with E-state index in [2.05, 4.69) is 59.9 Å². The molecule has 1 aromatic heterocycles. The monoisotopic (exact) mass is 389 g/mol.